The van der Waals surface area contributed by atoms with Gasteiger partial charge in [-0.15, -0.1) is 0 Å². The molecular formula is C76H132O6. The molecule has 0 heterocycles. The van der Waals surface area contributed by atoms with Gasteiger partial charge in [0.1, 0.15) is 13.2 Å². The fraction of sp³-hybridized carbons (Fsp3) is 0.750. The van der Waals surface area contributed by atoms with Gasteiger partial charge in [0.05, 0.1) is 0 Å². The molecule has 472 valence electrons. The lowest BCUT2D eigenvalue weighted by Gasteiger charge is -2.18. The van der Waals surface area contributed by atoms with Gasteiger partial charge >= 0.3 is 17.9 Å². The van der Waals surface area contributed by atoms with Crippen molar-refractivity contribution in [3.63, 3.8) is 0 Å². The Kier molecular flexibility index (Phi) is 66.7. The van der Waals surface area contributed by atoms with Crippen molar-refractivity contribution in [2.75, 3.05) is 13.2 Å². The van der Waals surface area contributed by atoms with Gasteiger partial charge < -0.3 is 14.2 Å². The Labute approximate surface area is 508 Å². The van der Waals surface area contributed by atoms with Gasteiger partial charge in [0.15, 0.2) is 6.10 Å². The zero-order chi connectivity index (χ0) is 59.2. The molecule has 0 rings (SSSR count). The second-order valence-corrected chi connectivity index (χ2v) is 23.4. The average Bonchev–Trinajstić information content (AvgIpc) is 3.47. The summed E-state index contributed by atoms with van der Waals surface area (Å²) in [6.45, 7) is 6.43. The van der Waals surface area contributed by atoms with Gasteiger partial charge in [0.2, 0.25) is 0 Å². The van der Waals surface area contributed by atoms with Gasteiger partial charge in [-0.05, 0) is 116 Å². The molecule has 0 amide bonds. The van der Waals surface area contributed by atoms with Gasteiger partial charge in [0.25, 0.3) is 0 Å². The van der Waals surface area contributed by atoms with E-state index in [1.54, 1.807) is 0 Å². The summed E-state index contributed by atoms with van der Waals surface area (Å²) in [6.07, 6.45) is 94.5. The van der Waals surface area contributed by atoms with Crippen LogP contribution in [0.5, 0.6) is 0 Å². The number of rotatable bonds is 64. The average molecular weight is 1140 g/mol. The van der Waals surface area contributed by atoms with E-state index in [1.807, 2.05) is 0 Å². The van der Waals surface area contributed by atoms with Crippen molar-refractivity contribution in [3.8, 4) is 0 Å². The van der Waals surface area contributed by atoms with Gasteiger partial charge in [-0.3, -0.25) is 14.4 Å². The second kappa shape index (κ2) is 69.8. The highest BCUT2D eigenvalue weighted by Gasteiger charge is 2.19. The molecule has 0 aliphatic rings. The molecule has 0 aromatic carbocycles. The number of carbonyl (C=O) groups is 3. The minimum Gasteiger partial charge on any atom is -0.462 e. The van der Waals surface area contributed by atoms with E-state index in [9.17, 15) is 14.4 Å². The molecular weight excluding hydrogens is 1010 g/mol. The normalized spacial score (nSPS) is 12.7. The fourth-order valence-electron chi connectivity index (χ4n) is 10.1. The summed E-state index contributed by atoms with van der Waals surface area (Å²) in [5.41, 5.74) is 0. The maximum atomic E-state index is 12.9. The Bertz CT molecular complexity index is 1590. The molecule has 0 fully saturated rings. The van der Waals surface area contributed by atoms with Gasteiger partial charge in [-0.2, -0.15) is 0 Å². The summed E-state index contributed by atoms with van der Waals surface area (Å²) in [5, 5.41) is 0. The van der Waals surface area contributed by atoms with E-state index >= 15 is 0 Å². The molecule has 0 aliphatic carbocycles. The lowest BCUT2D eigenvalue weighted by molar-refractivity contribution is -0.167. The zero-order valence-electron chi connectivity index (χ0n) is 54.2. The van der Waals surface area contributed by atoms with Crippen molar-refractivity contribution in [1.29, 1.82) is 0 Å². The van der Waals surface area contributed by atoms with Crippen molar-refractivity contribution in [1.82, 2.24) is 0 Å². The Morgan fingerprint density at radius 2 is 0.476 bits per heavy atom. The summed E-state index contributed by atoms with van der Waals surface area (Å²) in [7, 11) is 0. The highest BCUT2D eigenvalue weighted by molar-refractivity contribution is 5.71. The Balaban J connectivity index is 4.18. The van der Waals surface area contributed by atoms with Crippen LogP contribution < -0.4 is 0 Å². The first-order valence-electron chi connectivity index (χ1n) is 35.2. The molecule has 0 aliphatic heterocycles. The number of ether oxygens (including phenoxy) is 3. The standard InChI is InChI=1S/C76H132O6/c1-4-7-10-13-16-19-22-25-28-30-31-32-33-34-35-36-37-38-39-40-41-42-43-44-45-46-49-51-54-57-60-63-66-69-75(78)81-72-73(71-80-74(77)68-65-62-59-56-53-50-47-27-24-21-18-15-12-9-6-3)82-76(79)70-67-64-61-58-55-52-48-29-26-23-20-17-14-11-8-5-2/h7,9-10,12,16,18-19,21,25,27-29,31-32,47-48,73H,4-6,8,11,13-15,17,20,22-24,26,30,33-46,49-72H2,1-3H3/b10-7-,12-9-,19-16-,21-18-,28-25-,32-31-,47-27-,48-29-. The minimum atomic E-state index is -0.788. The summed E-state index contributed by atoms with van der Waals surface area (Å²) in [5.74, 6) is -0.892. The topological polar surface area (TPSA) is 78.9 Å². The van der Waals surface area contributed by atoms with E-state index in [0.717, 1.165) is 135 Å². The first kappa shape index (κ1) is 78.3. The first-order valence-corrected chi connectivity index (χ1v) is 35.2. The maximum absolute atomic E-state index is 12.9. The maximum Gasteiger partial charge on any atom is 0.306 e. The van der Waals surface area contributed by atoms with Gasteiger partial charge in [-0.25, -0.2) is 0 Å². The van der Waals surface area contributed by atoms with E-state index in [4.69, 9.17) is 14.2 Å². The highest BCUT2D eigenvalue weighted by atomic mass is 16.6. The SMILES string of the molecule is CC/C=C\C/C=C\C/C=C\C/C=C\CCCCCCCCCCCCCCCCCCCCCCC(=O)OCC(COC(=O)CCCCCCC/C=C\C/C=C\C/C=C\CC)OC(=O)CCCCCCC/C=C\CCCCCCCCC. The number of hydrogen-bond acceptors (Lipinski definition) is 6. The molecule has 0 saturated heterocycles. The van der Waals surface area contributed by atoms with Crippen LogP contribution in [0.15, 0.2) is 97.2 Å². The van der Waals surface area contributed by atoms with Gasteiger partial charge in [-0.1, -0.05) is 311 Å². The molecule has 0 aromatic rings. The molecule has 1 atom stereocenters. The third-order valence-electron chi connectivity index (χ3n) is 15.3. The smallest absolute Gasteiger partial charge is 0.306 e. The second-order valence-electron chi connectivity index (χ2n) is 23.4. The predicted octanol–water partition coefficient (Wildman–Crippen LogP) is 24.4. The molecule has 6 heteroatoms. The Morgan fingerprint density at radius 3 is 0.756 bits per heavy atom. The molecule has 0 N–H and O–H groups in total. The van der Waals surface area contributed by atoms with Crippen molar-refractivity contribution in [2.45, 2.75) is 354 Å². The highest BCUT2D eigenvalue weighted by Crippen LogP contribution is 2.17. The molecule has 6 nitrogen and oxygen atoms in total. The van der Waals surface area contributed by atoms with E-state index in [2.05, 4.69) is 118 Å². The third-order valence-corrected chi connectivity index (χ3v) is 15.3. The van der Waals surface area contributed by atoms with Crippen LogP contribution in [0.3, 0.4) is 0 Å². The van der Waals surface area contributed by atoms with Crippen molar-refractivity contribution in [2.24, 2.45) is 0 Å². The number of carbonyl (C=O) groups excluding carboxylic acids is 3. The van der Waals surface area contributed by atoms with Crippen LogP contribution in [0.1, 0.15) is 348 Å². The van der Waals surface area contributed by atoms with Crippen LogP contribution in [0.2, 0.25) is 0 Å². The monoisotopic (exact) mass is 1140 g/mol. The molecule has 0 spiro atoms. The number of esters is 3. The first-order chi connectivity index (χ1) is 40.5. The number of unbranched alkanes of at least 4 members (excludes halogenated alkanes) is 37. The van der Waals surface area contributed by atoms with E-state index < -0.39 is 6.10 Å². The zero-order valence-corrected chi connectivity index (χ0v) is 54.2. The van der Waals surface area contributed by atoms with E-state index in [1.165, 1.54) is 173 Å². The van der Waals surface area contributed by atoms with E-state index in [0.29, 0.717) is 19.3 Å². The van der Waals surface area contributed by atoms with Crippen molar-refractivity contribution >= 4 is 17.9 Å². The van der Waals surface area contributed by atoms with Gasteiger partial charge in [0, 0.05) is 19.3 Å². The number of allylic oxidation sites excluding steroid dienone is 16. The van der Waals surface area contributed by atoms with Crippen LogP contribution in [-0.4, -0.2) is 37.2 Å². The summed E-state index contributed by atoms with van der Waals surface area (Å²) < 4.78 is 16.9. The fourth-order valence-corrected chi connectivity index (χ4v) is 10.1. The summed E-state index contributed by atoms with van der Waals surface area (Å²) in [4.78, 5) is 38.4. The molecule has 0 aromatic heterocycles. The third kappa shape index (κ3) is 67.1. The summed E-state index contributed by atoms with van der Waals surface area (Å²) >= 11 is 0. The van der Waals surface area contributed by atoms with Crippen LogP contribution in [0.25, 0.3) is 0 Å². The Morgan fingerprint density at radius 1 is 0.256 bits per heavy atom. The van der Waals surface area contributed by atoms with Crippen molar-refractivity contribution < 1.29 is 28.6 Å². The summed E-state index contributed by atoms with van der Waals surface area (Å²) in [6, 6.07) is 0. The number of hydrogen-bond donors (Lipinski definition) is 0. The molecule has 82 heavy (non-hydrogen) atoms. The molecule has 0 bridgehead atoms. The molecule has 0 radical (unpaired) electrons. The predicted molar refractivity (Wildman–Crippen MR) is 357 cm³/mol. The lowest BCUT2D eigenvalue weighted by Crippen LogP contribution is -2.30. The molecule has 0 saturated carbocycles. The van der Waals surface area contributed by atoms with Crippen LogP contribution in [0.4, 0.5) is 0 Å². The van der Waals surface area contributed by atoms with Crippen LogP contribution in [0, 0.1) is 0 Å². The lowest BCUT2D eigenvalue weighted by atomic mass is 10.0. The van der Waals surface area contributed by atoms with Crippen molar-refractivity contribution in [3.05, 3.63) is 97.2 Å². The largest absolute Gasteiger partial charge is 0.462 e. The quantitative estimate of drug-likeness (QED) is 0.0261. The van der Waals surface area contributed by atoms with Crippen LogP contribution >= 0.6 is 0 Å². The van der Waals surface area contributed by atoms with Crippen LogP contribution in [-0.2, 0) is 28.6 Å². The Hall–Kier alpha value is -3.67. The molecule has 1 unspecified atom stereocenters. The van der Waals surface area contributed by atoms with E-state index in [-0.39, 0.29) is 31.1 Å². The minimum absolute atomic E-state index is 0.0827.